The van der Waals surface area contributed by atoms with Gasteiger partial charge in [-0.05, 0) is 24.3 Å². The Morgan fingerprint density at radius 3 is 2.33 bits per heavy atom. The first kappa shape index (κ1) is 12.6. The van der Waals surface area contributed by atoms with E-state index >= 15 is 0 Å². The minimum atomic E-state index is -2.28. The standard InChI is InChI=1S/C10H15O3PS/c1-12-8-14(3,11)15-10-6-4-9(13-2)5-7-10/h4-7H,8H2,1-3H3. The Bertz CT molecular complexity index is 350. The summed E-state index contributed by atoms with van der Waals surface area (Å²) in [5.74, 6) is 0.803. The first-order chi connectivity index (χ1) is 7.07. The summed E-state index contributed by atoms with van der Waals surface area (Å²) >= 11 is 1.36. The van der Waals surface area contributed by atoms with Crippen molar-refractivity contribution in [2.24, 2.45) is 0 Å². The number of methoxy groups -OCH3 is 2. The zero-order valence-electron chi connectivity index (χ0n) is 9.10. The van der Waals surface area contributed by atoms with Crippen molar-refractivity contribution in [1.82, 2.24) is 0 Å². The van der Waals surface area contributed by atoms with Crippen LogP contribution in [-0.4, -0.2) is 27.2 Å². The fourth-order valence-corrected chi connectivity index (χ4v) is 4.52. The number of ether oxygens (including phenoxy) is 2. The summed E-state index contributed by atoms with van der Waals surface area (Å²) in [5.41, 5.74) is 0. The van der Waals surface area contributed by atoms with Crippen molar-refractivity contribution in [3.05, 3.63) is 24.3 Å². The van der Waals surface area contributed by atoms with Gasteiger partial charge in [-0.2, -0.15) is 0 Å². The van der Waals surface area contributed by atoms with Crippen LogP contribution in [0.2, 0.25) is 0 Å². The van der Waals surface area contributed by atoms with Gasteiger partial charge in [0.2, 0.25) is 0 Å². The van der Waals surface area contributed by atoms with Gasteiger partial charge in [-0.15, -0.1) is 0 Å². The van der Waals surface area contributed by atoms with Gasteiger partial charge in [0.05, 0.1) is 7.11 Å². The Morgan fingerprint density at radius 2 is 1.87 bits per heavy atom. The van der Waals surface area contributed by atoms with Crippen LogP contribution in [0, 0.1) is 0 Å². The fourth-order valence-electron chi connectivity index (χ4n) is 1.12. The van der Waals surface area contributed by atoms with Crippen molar-refractivity contribution < 1.29 is 14.0 Å². The maximum Gasteiger partial charge on any atom is 0.165 e. The Labute approximate surface area is 94.3 Å². The van der Waals surface area contributed by atoms with Crippen LogP contribution >= 0.6 is 17.7 Å². The van der Waals surface area contributed by atoms with Crippen LogP contribution in [0.15, 0.2) is 29.2 Å². The molecule has 84 valence electrons. The van der Waals surface area contributed by atoms with Crippen molar-refractivity contribution in [3.63, 3.8) is 0 Å². The molecule has 0 bridgehead atoms. The molecule has 0 radical (unpaired) electrons. The van der Waals surface area contributed by atoms with Gasteiger partial charge in [0, 0.05) is 18.7 Å². The van der Waals surface area contributed by atoms with E-state index in [0.29, 0.717) is 6.35 Å². The SMILES string of the molecule is COCP(C)(=O)Sc1ccc(OC)cc1. The Kier molecular flexibility index (Phi) is 4.71. The van der Waals surface area contributed by atoms with Gasteiger partial charge in [0.1, 0.15) is 12.1 Å². The van der Waals surface area contributed by atoms with Gasteiger partial charge in [0.15, 0.2) is 6.34 Å². The zero-order valence-corrected chi connectivity index (χ0v) is 10.8. The Morgan fingerprint density at radius 1 is 1.27 bits per heavy atom. The lowest BCUT2D eigenvalue weighted by atomic mass is 10.3. The first-order valence-electron chi connectivity index (χ1n) is 4.46. The molecule has 0 saturated heterocycles. The van der Waals surface area contributed by atoms with Gasteiger partial charge in [-0.25, -0.2) is 0 Å². The van der Waals surface area contributed by atoms with Crippen LogP contribution in [0.1, 0.15) is 0 Å². The molecule has 3 nitrogen and oxygen atoms in total. The largest absolute Gasteiger partial charge is 0.497 e. The van der Waals surface area contributed by atoms with Crippen LogP contribution < -0.4 is 4.74 Å². The smallest absolute Gasteiger partial charge is 0.165 e. The normalized spacial score (nSPS) is 14.6. The summed E-state index contributed by atoms with van der Waals surface area (Å²) in [6.07, 6.45) is -1.99. The summed E-state index contributed by atoms with van der Waals surface area (Å²) in [5, 5.41) is 0. The van der Waals surface area contributed by atoms with Crippen LogP contribution in [0.3, 0.4) is 0 Å². The molecule has 0 aliphatic rings. The van der Waals surface area contributed by atoms with Crippen LogP contribution in [0.5, 0.6) is 5.75 Å². The monoisotopic (exact) mass is 246 g/mol. The Balaban J connectivity index is 2.68. The number of hydrogen-bond donors (Lipinski definition) is 0. The summed E-state index contributed by atoms with van der Waals surface area (Å²) in [6.45, 7) is 1.73. The van der Waals surface area contributed by atoms with E-state index in [1.165, 1.54) is 11.4 Å². The molecule has 0 aromatic heterocycles. The second-order valence-electron chi connectivity index (χ2n) is 3.20. The van der Waals surface area contributed by atoms with Crippen molar-refractivity contribution in [2.45, 2.75) is 4.90 Å². The summed E-state index contributed by atoms with van der Waals surface area (Å²) < 4.78 is 21.9. The molecule has 5 heteroatoms. The van der Waals surface area contributed by atoms with E-state index in [-0.39, 0.29) is 0 Å². The van der Waals surface area contributed by atoms with Crippen LogP contribution in [0.4, 0.5) is 0 Å². The van der Waals surface area contributed by atoms with Crippen molar-refractivity contribution in [1.29, 1.82) is 0 Å². The van der Waals surface area contributed by atoms with Crippen LogP contribution in [0.25, 0.3) is 0 Å². The minimum Gasteiger partial charge on any atom is -0.497 e. The molecule has 0 fully saturated rings. The molecular weight excluding hydrogens is 231 g/mol. The van der Waals surface area contributed by atoms with Crippen molar-refractivity contribution >= 4 is 17.7 Å². The molecule has 1 aromatic rings. The molecule has 0 saturated carbocycles. The fraction of sp³-hybridized carbons (Fsp3) is 0.400. The van der Waals surface area contributed by atoms with Crippen molar-refractivity contribution in [3.8, 4) is 5.75 Å². The van der Waals surface area contributed by atoms with Crippen molar-refractivity contribution in [2.75, 3.05) is 27.2 Å². The molecule has 15 heavy (non-hydrogen) atoms. The molecule has 0 heterocycles. The predicted octanol–water partition coefficient (Wildman–Crippen LogP) is 3.30. The lowest BCUT2D eigenvalue weighted by molar-refractivity contribution is 0.251. The van der Waals surface area contributed by atoms with E-state index < -0.39 is 6.34 Å². The average molecular weight is 246 g/mol. The lowest BCUT2D eigenvalue weighted by Gasteiger charge is -2.11. The second-order valence-corrected chi connectivity index (χ2v) is 9.00. The third kappa shape index (κ3) is 4.29. The number of benzene rings is 1. The molecule has 1 rings (SSSR count). The molecule has 0 aliphatic heterocycles. The molecule has 0 spiro atoms. The second kappa shape index (κ2) is 5.59. The zero-order chi connectivity index (χ0) is 11.3. The molecule has 0 amide bonds. The maximum absolute atomic E-state index is 11.9. The summed E-state index contributed by atoms with van der Waals surface area (Å²) in [6, 6.07) is 7.51. The summed E-state index contributed by atoms with van der Waals surface area (Å²) in [7, 11) is 3.18. The van der Waals surface area contributed by atoms with E-state index in [1.54, 1.807) is 20.9 Å². The van der Waals surface area contributed by atoms with E-state index in [4.69, 9.17) is 9.47 Å². The van der Waals surface area contributed by atoms with Gasteiger partial charge in [0.25, 0.3) is 0 Å². The number of rotatable bonds is 5. The van der Waals surface area contributed by atoms with E-state index in [0.717, 1.165) is 10.6 Å². The highest BCUT2D eigenvalue weighted by molar-refractivity contribution is 8.57. The number of hydrogen-bond acceptors (Lipinski definition) is 4. The third-order valence-electron chi connectivity index (χ3n) is 1.72. The summed E-state index contributed by atoms with van der Waals surface area (Å²) in [4.78, 5) is 0.971. The highest BCUT2D eigenvalue weighted by atomic mass is 32.7. The molecular formula is C10H15O3PS. The lowest BCUT2D eigenvalue weighted by Crippen LogP contribution is -1.87. The maximum atomic E-state index is 11.9. The predicted molar refractivity (Wildman–Crippen MR) is 64.3 cm³/mol. The highest BCUT2D eigenvalue weighted by Gasteiger charge is 2.16. The van der Waals surface area contributed by atoms with Gasteiger partial charge in [-0.3, -0.25) is 0 Å². The van der Waals surface area contributed by atoms with E-state index in [9.17, 15) is 4.57 Å². The molecule has 0 N–H and O–H groups in total. The minimum absolute atomic E-state index is 0.295. The third-order valence-corrected chi connectivity index (χ3v) is 5.43. The van der Waals surface area contributed by atoms with Gasteiger partial charge < -0.3 is 14.0 Å². The van der Waals surface area contributed by atoms with Gasteiger partial charge in [-0.1, -0.05) is 11.4 Å². The topological polar surface area (TPSA) is 35.5 Å². The average Bonchev–Trinajstić information content (AvgIpc) is 2.18. The highest BCUT2D eigenvalue weighted by Crippen LogP contribution is 2.58. The van der Waals surface area contributed by atoms with E-state index in [2.05, 4.69) is 0 Å². The quantitative estimate of drug-likeness (QED) is 0.747. The molecule has 0 aliphatic carbocycles. The molecule has 1 unspecified atom stereocenters. The molecule has 1 aromatic carbocycles. The van der Waals surface area contributed by atoms with Gasteiger partial charge >= 0.3 is 0 Å². The Hall–Kier alpha value is -0.440. The molecule has 1 atom stereocenters. The van der Waals surface area contributed by atoms with Crippen LogP contribution in [-0.2, 0) is 9.30 Å². The van der Waals surface area contributed by atoms with E-state index in [1.807, 2.05) is 24.3 Å². The first-order valence-corrected chi connectivity index (χ1v) is 8.22.